The highest BCUT2D eigenvalue weighted by Gasteiger charge is 2.27. The summed E-state index contributed by atoms with van der Waals surface area (Å²) in [7, 11) is 0. The fourth-order valence-electron chi connectivity index (χ4n) is 4.65. The summed E-state index contributed by atoms with van der Waals surface area (Å²) in [5.41, 5.74) is 3.21. The van der Waals surface area contributed by atoms with Crippen LogP contribution < -0.4 is 10.2 Å². The quantitative estimate of drug-likeness (QED) is 0.677. The lowest BCUT2D eigenvalue weighted by Gasteiger charge is -2.37. The molecule has 5 rings (SSSR count). The van der Waals surface area contributed by atoms with Crippen molar-refractivity contribution >= 4 is 45.1 Å². The maximum atomic E-state index is 12.7. The van der Waals surface area contributed by atoms with Gasteiger partial charge in [-0.3, -0.25) is 4.79 Å². The smallest absolute Gasteiger partial charge is 0.224 e. The summed E-state index contributed by atoms with van der Waals surface area (Å²) in [4.78, 5) is 24.7. The zero-order chi connectivity index (χ0) is 20.7. The number of fused-ring (bicyclic) bond motifs is 3. The first-order chi connectivity index (χ1) is 14.6. The first-order valence-electron chi connectivity index (χ1n) is 10.4. The monoisotopic (exact) mass is 422 g/mol. The minimum absolute atomic E-state index is 0.228. The van der Waals surface area contributed by atoms with E-state index in [0.29, 0.717) is 49.2 Å². The second-order valence-corrected chi connectivity index (χ2v) is 8.45. The van der Waals surface area contributed by atoms with Crippen molar-refractivity contribution in [3.63, 3.8) is 0 Å². The Kier molecular flexibility index (Phi) is 4.97. The van der Waals surface area contributed by atoms with Gasteiger partial charge in [-0.1, -0.05) is 11.6 Å². The number of anilines is 1. The average Bonchev–Trinajstić information content (AvgIpc) is 3.41. The van der Waals surface area contributed by atoms with Gasteiger partial charge in [-0.25, -0.2) is 4.98 Å². The molecule has 30 heavy (non-hydrogen) atoms. The lowest BCUT2D eigenvalue weighted by Crippen LogP contribution is -2.49. The first-order valence-corrected chi connectivity index (χ1v) is 10.8. The van der Waals surface area contributed by atoms with Crippen LogP contribution in [0.15, 0.2) is 24.4 Å². The van der Waals surface area contributed by atoms with Crippen LogP contribution in [0.25, 0.3) is 21.9 Å². The van der Waals surface area contributed by atoms with E-state index in [1.54, 1.807) is 12.3 Å². The molecule has 0 radical (unpaired) electrons. The number of amides is 1. The first kappa shape index (κ1) is 19.2. The normalized spacial score (nSPS) is 19.5. The topological polar surface area (TPSA) is 88.1 Å². The van der Waals surface area contributed by atoms with Crippen LogP contribution in [0.2, 0.25) is 5.02 Å². The molecule has 2 aliphatic heterocycles. The molecule has 4 heterocycles. The van der Waals surface area contributed by atoms with E-state index in [9.17, 15) is 10.1 Å². The third kappa shape index (κ3) is 3.36. The third-order valence-corrected chi connectivity index (χ3v) is 6.49. The number of piperazine rings is 1. The minimum atomic E-state index is 0.228. The van der Waals surface area contributed by atoms with Crippen molar-refractivity contribution in [2.45, 2.75) is 25.3 Å². The Morgan fingerprint density at radius 1 is 1.30 bits per heavy atom. The molecule has 2 N–H and O–H groups in total. The van der Waals surface area contributed by atoms with Gasteiger partial charge >= 0.3 is 0 Å². The number of nitrogens with zero attached hydrogens (tertiary/aromatic N) is 4. The number of rotatable bonds is 3. The number of H-pyrrole nitrogens is 1. The van der Waals surface area contributed by atoms with E-state index < -0.39 is 0 Å². The summed E-state index contributed by atoms with van der Waals surface area (Å²) in [5.74, 6) is 0.228. The Morgan fingerprint density at radius 3 is 2.87 bits per heavy atom. The van der Waals surface area contributed by atoms with E-state index in [2.05, 4.69) is 26.3 Å². The molecule has 7 nitrogen and oxygen atoms in total. The van der Waals surface area contributed by atoms with Crippen LogP contribution in [0.1, 0.15) is 24.8 Å². The number of aromatic amines is 1. The molecule has 1 atom stereocenters. The molecule has 154 valence electrons. The largest absolute Gasteiger partial charge is 0.366 e. The lowest BCUT2D eigenvalue weighted by atomic mass is 10.1. The van der Waals surface area contributed by atoms with Gasteiger partial charge in [-0.2, -0.15) is 5.26 Å². The zero-order valence-corrected chi connectivity index (χ0v) is 17.4. The van der Waals surface area contributed by atoms with Crippen molar-refractivity contribution in [3.05, 3.63) is 35.0 Å². The van der Waals surface area contributed by atoms with Gasteiger partial charge in [0.1, 0.15) is 5.65 Å². The molecule has 2 aromatic heterocycles. The summed E-state index contributed by atoms with van der Waals surface area (Å²) in [6, 6.07) is 8.11. The Morgan fingerprint density at radius 2 is 2.13 bits per heavy atom. The Hall–Kier alpha value is -2.82. The van der Waals surface area contributed by atoms with E-state index in [1.165, 1.54) is 0 Å². The van der Waals surface area contributed by atoms with Gasteiger partial charge < -0.3 is 20.1 Å². The van der Waals surface area contributed by atoms with Gasteiger partial charge in [-0.05, 0) is 37.6 Å². The highest BCUT2D eigenvalue weighted by atomic mass is 35.5. The molecule has 3 aromatic rings. The number of nitrogens with one attached hydrogen (secondary N) is 2. The number of carbonyl (C=O) groups excluding carboxylic acids is 1. The van der Waals surface area contributed by atoms with Gasteiger partial charge in [0.15, 0.2) is 0 Å². The molecule has 1 unspecified atom stereocenters. The summed E-state index contributed by atoms with van der Waals surface area (Å²) in [6.07, 6.45) is 4.49. The number of carbonyl (C=O) groups is 1. The van der Waals surface area contributed by atoms with E-state index in [0.717, 1.165) is 47.0 Å². The van der Waals surface area contributed by atoms with E-state index in [4.69, 9.17) is 11.6 Å². The molecule has 2 aliphatic rings. The van der Waals surface area contributed by atoms with Crippen molar-refractivity contribution in [2.75, 3.05) is 37.6 Å². The molecule has 2 fully saturated rings. The number of aromatic nitrogens is 2. The summed E-state index contributed by atoms with van der Waals surface area (Å²) in [5, 5.41) is 15.2. The van der Waals surface area contributed by atoms with Crippen molar-refractivity contribution in [1.29, 1.82) is 5.26 Å². The van der Waals surface area contributed by atoms with Crippen LogP contribution in [0.5, 0.6) is 0 Å². The second kappa shape index (κ2) is 7.78. The fourth-order valence-corrected chi connectivity index (χ4v) is 4.91. The molecule has 0 bridgehead atoms. The van der Waals surface area contributed by atoms with Crippen LogP contribution in [0.3, 0.4) is 0 Å². The number of hydrogen-bond donors (Lipinski definition) is 2. The Labute approximate surface area is 179 Å². The van der Waals surface area contributed by atoms with Crippen LogP contribution in [-0.2, 0) is 4.79 Å². The maximum Gasteiger partial charge on any atom is 0.224 e. The van der Waals surface area contributed by atoms with Crippen molar-refractivity contribution in [3.8, 4) is 6.07 Å². The highest BCUT2D eigenvalue weighted by Crippen LogP contribution is 2.38. The molecular formula is C22H23ClN6O. The van der Waals surface area contributed by atoms with Gasteiger partial charge in [0, 0.05) is 49.5 Å². The second-order valence-electron chi connectivity index (χ2n) is 8.04. The number of nitriles is 1. The van der Waals surface area contributed by atoms with Gasteiger partial charge in [0.05, 0.1) is 33.9 Å². The minimum Gasteiger partial charge on any atom is -0.366 e. The number of hydrogen-bond acceptors (Lipinski definition) is 5. The Bertz CT molecular complexity index is 1150. The molecule has 8 heteroatoms. The zero-order valence-electron chi connectivity index (χ0n) is 16.6. The van der Waals surface area contributed by atoms with E-state index in [1.807, 2.05) is 17.0 Å². The molecule has 0 spiro atoms. The van der Waals surface area contributed by atoms with Crippen molar-refractivity contribution < 1.29 is 4.79 Å². The molecular weight excluding hydrogens is 400 g/mol. The SMILES string of the molecule is N#Cc1ccc2[nH]c3ncc(Cl)c(N4CCN(C(=O)CC5CCCN5)CC4)c3c2c1. The van der Waals surface area contributed by atoms with Crippen LogP contribution in [-0.4, -0.2) is 59.5 Å². The average molecular weight is 423 g/mol. The lowest BCUT2D eigenvalue weighted by molar-refractivity contribution is -0.131. The summed E-state index contributed by atoms with van der Waals surface area (Å²) >= 11 is 6.61. The molecule has 1 amide bonds. The number of pyridine rings is 1. The Balaban J connectivity index is 1.42. The summed E-state index contributed by atoms with van der Waals surface area (Å²) in [6.45, 7) is 3.80. The van der Waals surface area contributed by atoms with E-state index >= 15 is 0 Å². The van der Waals surface area contributed by atoms with E-state index in [-0.39, 0.29) is 5.91 Å². The van der Waals surface area contributed by atoms with Gasteiger partial charge in [0.2, 0.25) is 5.91 Å². The van der Waals surface area contributed by atoms with Gasteiger partial charge in [-0.15, -0.1) is 0 Å². The third-order valence-electron chi connectivity index (χ3n) is 6.21. The molecule has 0 aliphatic carbocycles. The van der Waals surface area contributed by atoms with Crippen molar-refractivity contribution in [1.82, 2.24) is 20.2 Å². The highest BCUT2D eigenvalue weighted by molar-refractivity contribution is 6.35. The number of halogens is 1. The fraction of sp³-hybridized carbons (Fsp3) is 0.409. The molecule has 1 aromatic carbocycles. The number of benzene rings is 1. The standard InChI is InChI=1S/C22H23ClN6O/c23-17-13-26-22-20(16-10-14(12-24)3-4-18(16)27-22)21(17)29-8-6-28(7-9-29)19(30)11-15-2-1-5-25-15/h3-4,10,13,15,25H,1-2,5-9,11H2,(H,26,27). The molecule has 2 saturated heterocycles. The predicted molar refractivity (Wildman–Crippen MR) is 118 cm³/mol. The summed E-state index contributed by atoms with van der Waals surface area (Å²) < 4.78 is 0. The van der Waals surface area contributed by atoms with Crippen LogP contribution in [0.4, 0.5) is 5.69 Å². The predicted octanol–water partition coefficient (Wildman–Crippen LogP) is 3.03. The molecule has 0 saturated carbocycles. The van der Waals surface area contributed by atoms with Gasteiger partial charge in [0.25, 0.3) is 0 Å². The van der Waals surface area contributed by atoms with Crippen molar-refractivity contribution in [2.24, 2.45) is 0 Å². The van der Waals surface area contributed by atoms with Crippen LogP contribution in [0, 0.1) is 11.3 Å². The van der Waals surface area contributed by atoms with Crippen LogP contribution >= 0.6 is 11.6 Å². The maximum absolute atomic E-state index is 12.7.